The lowest BCUT2D eigenvalue weighted by Gasteiger charge is -2.34. The molecule has 7 heteroatoms. The molecular weight excluding hydrogens is 393 g/mol. The highest BCUT2D eigenvalue weighted by molar-refractivity contribution is 5.82. The van der Waals surface area contributed by atoms with Gasteiger partial charge in [-0.2, -0.15) is 5.26 Å². The lowest BCUT2D eigenvalue weighted by molar-refractivity contribution is 0.163. The third kappa shape index (κ3) is 4.69. The molecule has 0 amide bonds. The summed E-state index contributed by atoms with van der Waals surface area (Å²) in [5.74, 6) is 1.50. The van der Waals surface area contributed by atoms with Crippen LogP contribution in [0.25, 0.3) is 11.0 Å². The van der Waals surface area contributed by atoms with Gasteiger partial charge in [0.2, 0.25) is 0 Å². The van der Waals surface area contributed by atoms with Crippen molar-refractivity contribution in [3.63, 3.8) is 0 Å². The van der Waals surface area contributed by atoms with Crippen molar-refractivity contribution in [1.29, 1.82) is 5.26 Å². The quantitative estimate of drug-likeness (QED) is 0.639. The smallest absolute Gasteiger partial charge is 0.172 e. The Bertz CT molecular complexity index is 1130. The SMILES string of the molecule is Cc1ccc(OC2CCN(c3nc4ccc(C#N)cc4nc3NC(C)C)CC2)c(F)c1. The number of aryl methyl sites for hydroxylation is 1. The Balaban J connectivity index is 1.54. The summed E-state index contributed by atoms with van der Waals surface area (Å²) in [4.78, 5) is 11.8. The number of halogens is 1. The average Bonchev–Trinajstić information content (AvgIpc) is 2.75. The summed E-state index contributed by atoms with van der Waals surface area (Å²) in [6.45, 7) is 7.44. The Morgan fingerprint density at radius 2 is 1.90 bits per heavy atom. The molecule has 4 rings (SSSR count). The zero-order valence-electron chi connectivity index (χ0n) is 18.0. The maximum Gasteiger partial charge on any atom is 0.172 e. The van der Waals surface area contributed by atoms with Crippen LogP contribution in [0.2, 0.25) is 0 Å². The second-order valence-electron chi connectivity index (χ2n) is 8.25. The molecule has 2 heterocycles. The van der Waals surface area contributed by atoms with Crippen LogP contribution < -0.4 is 15.0 Å². The van der Waals surface area contributed by atoms with E-state index < -0.39 is 0 Å². The van der Waals surface area contributed by atoms with Crippen molar-refractivity contribution in [2.45, 2.75) is 45.8 Å². The summed E-state index contributed by atoms with van der Waals surface area (Å²) in [5.41, 5.74) is 2.88. The molecule has 3 aromatic rings. The monoisotopic (exact) mass is 419 g/mol. The Labute approximate surface area is 181 Å². The molecule has 6 nitrogen and oxygen atoms in total. The lowest BCUT2D eigenvalue weighted by Crippen LogP contribution is -2.39. The van der Waals surface area contributed by atoms with Crippen LogP contribution in [-0.4, -0.2) is 35.2 Å². The van der Waals surface area contributed by atoms with Crippen LogP contribution in [-0.2, 0) is 0 Å². The molecule has 1 aromatic heterocycles. The molecule has 0 radical (unpaired) electrons. The van der Waals surface area contributed by atoms with E-state index in [2.05, 4.69) is 30.1 Å². The van der Waals surface area contributed by atoms with Crippen molar-refractivity contribution < 1.29 is 9.13 Å². The summed E-state index contributed by atoms with van der Waals surface area (Å²) in [6, 6.07) is 12.7. The molecule has 1 fully saturated rings. The molecule has 0 spiro atoms. The zero-order valence-corrected chi connectivity index (χ0v) is 18.0. The van der Waals surface area contributed by atoms with Crippen molar-refractivity contribution in [2.24, 2.45) is 0 Å². The standard InChI is InChI=1S/C24H26FN5O/c1-15(2)27-23-24(29-20-6-5-17(14-26)13-21(20)28-23)30-10-8-18(9-11-30)31-22-7-4-16(3)12-19(22)25/h4-7,12-13,15,18H,8-11H2,1-3H3,(H,27,28). The summed E-state index contributed by atoms with van der Waals surface area (Å²) < 4.78 is 20.1. The van der Waals surface area contributed by atoms with E-state index in [0.717, 1.165) is 42.8 Å². The Kier molecular flexibility index (Phi) is 5.90. The van der Waals surface area contributed by atoms with Crippen molar-refractivity contribution >= 4 is 22.7 Å². The van der Waals surface area contributed by atoms with Crippen LogP contribution in [0.15, 0.2) is 36.4 Å². The zero-order chi connectivity index (χ0) is 22.0. The fraction of sp³-hybridized carbons (Fsp3) is 0.375. The van der Waals surface area contributed by atoms with Crippen molar-refractivity contribution in [3.8, 4) is 11.8 Å². The number of piperidine rings is 1. The van der Waals surface area contributed by atoms with E-state index in [1.165, 1.54) is 6.07 Å². The highest BCUT2D eigenvalue weighted by atomic mass is 19.1. The number of rotatable bonds is 5. The van der Waals surface area contributed by atoms with Crippen LogP contribution in [0.3, 0.4) is 0 Å². The minimum absolute atomic E-state index is 0.0402. The van der Waals surface area contributed by atoms with E-state index >= 15 is 0 Å². The molecule has 0 aliphatic carbocycles. The number of nitrogens with zero attached hydrogens (tertiary/aromatic N) is 4. The Morgan fingerprint density at radius 1 is 1.13 bits per heavy atom. The van der Waals surface area contributed by atoms with E-state index in [0.29, 0.717) is 22.6 Å². The number of anilines is 2. The van der Waals surface area contributed by atoms with E-state index in [9.17, 15) is 9.65 Å². The van der Waals surface area contributed by atoms with Crippen molar-refractivity contribution in [1.82, 2.24) is 9.97 Å². The van der Waals surface area contributed by atoms with Gasteiger partial charge in [-0.15, -0.1) is 0 Å². The number of fused-ring (bicyclic) bond motifs is 1. The molecule has 1 aliphatic rings. The topological polar surface area (TPSA) is 74.1 Å². The maximum atomic E-state index is 14.1. The molecule has 0 bridgehead atoms. The van der Waals surface area contributed by atoms with Crippen molar-refractivity contribution in [3.05, 3.63) is 53.3 Å². The highest BCUT2D eigenvalue weighted by Crippen LogP contribution is 2.30. The average molecular weight is 420 g/mol. The van der Waals surface area contributed by atoms with Gasteiger partial charge in [0.1, 0.15) is 6.10 Å². The lowest BCUT2D eigenvalue weighted by atomic mass is 10.1. The molecule has 1 N–H and O–H groups in total. The molecule has 0 unspecified atom stereocenters. The predicted molar refractivity (Wildman–Crippen MR) is 120 cm³/mol. The van der Waals surface area contributed by atoms with E-state index in [-0.39, 0.29) is 18.0 Å². The molecule has 1 saturated heterocycles. The second-order valence-corrected chi connectivity index (χ2v) is 8.25. The van der Waals surface area contributed by atoms with Gasteiger partial charge >= 0.3 is 0 Å². The van der Waals surface area contributed by atoms with E-state index in [4.69, 9.17) is 14.7 Å². The maximum absolute atomic E-state index is 14.1. The number of ether oxygens (including phenoxy) is 1. The minimum atomic E-state index is -0.317. The first-order valence-corrected chi connectivity index (χ1v) is 10.6. The van der Waals surface area contributed by atoms with Crippen LogP contribution in [0.5, 0.6) is 5.75 Å². The number of hydrogen-bond donors (Lipinski definition) is 1. The number of nitriles is 1. The molecule has 31 heavy (non-hydrogen) atoms. The summed E-state index contributed by atoms with van der Waals surface area (Å²) in [7, 11) is 0. The fourth-order valence-corrected chi connectivity index (χ4v) is 3.77. The number of nitrogens with one attached hydrogen (secondary N) is 1. The molecule has 160 valence electrons. The highest BCUT2D eigenvalue weighted by Gasteiger charge is 2.25. The number of hydrogen-bond acceptors (Lipinski definition) is 6. The van der Waals surface area contributed by atoms with E-state index in [1.54, 1.807) is 18.2 Å². The fourth-order valence-electron chi connectivity index (χ4n) is 3.77. The van der Waals surface area contributed by atoms with Gasteiger partial charge in [0.15, 0.2) is 23.2 Å². The minimum Gasteiger partial charge on any atom is -0.487 e. The van der Waals surface area contributed by atoms with Gasteiger partial charge in [0.05, 0.1) is 22.7 Å². The predicted octanol–water partition coefficient (Wildman–Crippen LogP) is 4.82. The van der Waals surface area contributed by atoms with Gasteiger partial charge in [-0.05, 0) is 56.7 Å². The first kappa shape index (κ1) is 20.9. The van der Waals surface area contributed by atoms with Crippen LogP contribution in [0, 0.1) is 24.1 Å². The summed E-state index contributed by atoms with van der Waals surface area (Å²) in [5, 5.41) is 12.6. The molecule has 1 aliphatic heterocycles. The number of aromatic nitrogens is 2. The first-order valence-electron chi connectivity index (χ1n) is 10.6. The van der Waals surface area contributed by atoms with Gasteiger partial charge in [-0.25, -0.2) is 14.4 Å². The number of benzene rings is 2. The third-order valence-electron chi connectivity index (χ3n) is 5.32. The summed E-state index contributed by atoms with van der Waals surface area (Å²) >= 11 is 0. The van der Waals surface area contributed by atoms with Gasteiger partial charge in [-0.3, -0.25) is 0 Å². The molecule has 0 atom stereocenters. The second kappa shape index (κ2) is 8.76. The van der Waals surface area contributed by atoms with Gasteiger partial charge in [0.25, 0.3) is 0 Å². The first-order chi connectivity index (χ1) is 14.9. The molecular formula is C24H26FN5O. The molecule has 2 aromatic carbocycles. The van der Waals surface area contributed by atoms with Crippen molar-refractivity contribution in [2.75, 3.05) is 23.3 Å². The largest absolute Gasteiger partial charge is 0.487 e. The Morgan fingerprint density at radius 3 is 2.58 bits per heavy atom. The normalized spacial score (nSPS) is 14.6. The van der Waals surface area contributed by atoms with Crippen LogP contribution >= 0.6 is 0 Å². The van der Waals surface area contributed by atoms with Crippen LogP contribution in [0.1, 0.15) is 37.8 Å². The molecule has 0 saturated carbocycles. The summed E-state index contributed by atoms with van der Waals surface area (Å²) in [6.07, 6.45) is 1.49. The van der Waals surface area contributed by atoms with Gasteiger partial charge < -0.3 is 15.0 Å². The van der Waals surface area contributed by atoms with Gasteiger partial charge in [-0.1, -0.05) is 6.07 Å². The van der Waals surface area contributed by atoms with Crippen LogP contribution in [0.4, 0.5) is 16.0 Å². The Hall–Kier alpha value is -3.40. The van der Waals surface area contributed by atoms with Gasteiger partial charge in [0, 0.05) is 32.0 Å². The third-order valence-corrected chi connectivity index (χ3v) is 5.32. The van der Waals surface area contributed by atoms with E-state index in [1.807, 2.05) is 19.1 Å².